The van der Waals surface area contributed by atoms with Crippen molar-refractivity contribution in [2.45, 2.75) is 39.7 Å². The zero-order valence-corrected chi connectivity index (χ0v) is 16.2. The van der Waals surface area contributed by atoms with Gasteiger partial charge in [0.05, 0.1) is 6.54 Å². The Bertz CT molecular complexity index is 664. The summed E-state index contributed by atoms with van der Waals surface area (Å²) in [7, 11) is 0. The standard InChI is InChI=1S/C21H33N5/c1-3-22-21(23-11-6-12-26-13-9-17(2)10-14-26)24-16-19-15-18-7-4-5-8-20(18)25-19/h4-5,7-8,15,17,25H,3,6,9-14,16H2,1-2H3,(H2,22,23,24). The second-order valence-corrected chi connectivity index (χ2v) is 7.38. The van der Waals surface area contributed by atoms with Gasteiger partial charge in [-0.15, -0.1) is 0 Å². The minimum absolute atomic E-state index is 0.661. The second-order valence-electron chi connectivity index (χ2n) is 7.38. The molecule has 26 heavy (non-hydrogen) atoms. The van der Waals surface area contributed by atoms with E-state index in [1.165, 1.54) is 43.4 Å². The number of para-hydroxylation sites is 1. The van der Waals surface area contributed by atoms with Gasteiger partial charge >= 0.3 is 0 Å². The summed E-state index contributed by atoms with van der Waals surface area (Å²) in [6.45, 7) is 10.7. The molecule has 0 radical (unpaired) electrons. The smallest absolute Gasteiger partial charge is 0.191 e. The predicted molar refractivity (Wildman–Crippen MR) is 111 cm³/mol. The molecule has 1 aliphatic heterocycles. The maximum atomic E-state index is 4.72. The van der Waals surface area contributed by atoms with Gasteiger partial charge in [-0.3, -0.25) is 0 Å². The van der Waals surface area contributed by atoms with E-state index in [9.17, 15) is 0 Å². The van der Waals surface area contributed by atoms with Crippen molar-refractivity contribution in [2.75, 3.05) is 32.7 Å². The number of fused-ring (bicyclic) bond motifs is 1. The van der Waals surface area contributed by atoms with E-state index in [0.717, 1.165) is 37.1 Å². The number of H-pyrrole nitrogens is 1. The van der Waals surface area contributed by atoms with Crippen molar-refractivity contribution in [3.05, 3.63) is 36.0 Å². The van der Waals surface area contributed by atoms with E-state index in [2.05, 4.69) is 64.7 Å². The summed E-state index contributed by atoms with van der Waals surface area (Å²) in [4.78, 5) is 10.8. The number of aromatic nitrogens is 1. The molecule has 142 valence electrons. The van der Waals surface area contributed by atoms with Crippen molar-refractivity contribution in [1.29, 1.82) is 0 Å². The van der Waals surface area contributed by atoms with Crippen LogP contribution in [0, 0.1) is 5.92 Å². The SMILES string of the molecule is CCNC(=NCc1cc2ccccc2[nH]1)NCCCN1CCC(C)CC1. The normalized spacial score (nSPS) is 16.9. The number of nitrogens with zero attached hydrogens (tertiary/aromatic N) is 2. The Morgan fingerprint density at radius 1 is 1.23 bits per heavy atom. The molecule has 5 heteroatoms. The van der Waals surface area contributed by atoms with Gasteiger partial charge in [-0.2, -0.15) is 0 Å². The first-order valence-electron chi connectivity index (χ1n) is 10.1. The molecule has 0 amide bonds. The molecule has 0 atom stereocenters. The number of piperidine rings is 1. The molecule has 1 aromatic heterocycles. The van der Waals surface area contributed by atoms with Gasteiger partial charge in [-0.05, 0) is 69.3 Å². The molecule has 0 aliphatic carbocycles. The van der Waals surface area contributed by atoms with E-state index in [1.54, 1.807) is 0 Å². The first-order valence-corrected chi connectivity index (χ1v) is 10.1. The fourth-order valence-corrected chi connectivity index (χ4v) is 3.52. The lowest BCUT2D eigenvalue weighted by molar-refractivity contribution is 0.191. The molecule has 1 aliphatic rings. The number of hydrogen-bond donors (Lipinski definition) is 3. The fraction of sp³-hybridized carbons (Fsp3) is 0.571. The quantitative estimate of drug-likeness (QED) is 0.406. The minimum atomic E-state index is 0.661. The highest BCUT2D eigenvalue weighted by Crippen LogP contribution is 2.16. The van der Waals surface area contributed by atoms with Crippen molar-refractivity contribution in [3.63, 3.8) is 0 Å². The van der Waals surface area contributed by atoms with Crippen molar-refractivity contribution < 1.29 is 0 Å². The van der Waals surface area contributed by atoms with E-state index in [1.807, 2.05) is 0 Å². The summed E-state index contributed by atoms with van der Waals surface area (Å²) >= 11 is 0. The van der Waals surface area contributed by atoms with Crippen molar-refractivity contribution in [3.8, 4) is 0 Å². The average molecular weight is 356 g/mol. The number of guanidine groups is 1. The van der Waals surface area contributed by atoms with E-state index < -0.39 is 0 Å². The zero-order valence-electron chi connectivity index (χ0n) is 16.2. The monoisotopic (exact) mass is 355 g/mol. The molecule has 3 N–H and O–H groups in total. The summed E-state index contributed by atoms with van der Waals surface area (Å²) < 4.78 is 0. The lowest BCUT2D eigenvalue weighted by atomic mass is 9.99. The van der Waals surface area contributed by atoms with E-state index >= 15 is 0 Å². The number of rotatable bonds is 7. The van der Waals surface area contributed by atoms with Crippen LogP contribution in [-0.4, -0.2) is 48.6 Å². The molecule has 0 saturated carbocycles. The van der Waals surface area contributed by atoms with Crippen LogP contribution in [0.1, 0.15) is 38.8 Å². The molecule has 0 bridgehead atoms. The van der Waals surface area contributed by atoms with Crippen LogP contribution < -0.4 is 10.6 Å². The Kier molecular flexibility index (Phi) is 6.95. The molecule has 3 rings (SSSR count). The summed E-state index contributed by atoms with van der Waals surface area (Å²) in [6, 6.07) is 10.5. The number of likely N-dealkylation sites (tertiary alicyclic amines) is 1. The van der Waals surface area contributed by atoms with Crippen molar-refractivity contribution in [1.82, 2.24) is 20.5 Å². The molecular weight excluding hydrogens is 322 g/mol. The summed E-state index contributed by atoms with van der Waals surface area (Å²) in [5.74, 6) is 1.81. The van der Waals surface area contributed by atoms with Gasteiger partial charge in [0, 0.05) is 24.3 Å². The molecule has 0 spiro atoms. The van der Waals surface area contributed by atoms with Crippen LogP contribution in [0.2, 0.25) is 0 Å². The van der Waals surface area contributed by atoms with Crippen LogP contribution in [0.25, 0.3) is 10.9 Å². The maximum Gasteiger partial charge on any atom is 0.191 e. The largest absolute Gasteiger partial charge is 0.357 e. The first-order chi connectivity index (χ1) is 12.7. The molecule has 2 aromatic rings. The van der Waals surface area contributed by atoms with E-state index in [4.69, 9.17) is 4.99 Å². The maximum absolute atomic E-state index is 4.72. The highest BCUT2D eigenvalue weighted by molar-refractivity contribution is 5.81. The molecular formula is C21H33N5. The van der Waals surface area contributed by atoms with Gasteiger partial charge in [0.2, 0.25) is 0 Å². The lowest BCUT2D eigenvalue weighted by Gasteiger charge is -2.30. The minimum Gasteiger partial charge on any atom is -0.357 e. The Balaban J connectivity index is 1.44. The number of benzene rings is 1. The Hall–Kier alpha value is -2.01. The fourth-order valence-electron chi connectivity index (χ4n) is 3.52. The first kappa shape index (κ1) is 18.8. The van der Waals surface area contributed by atoms with Gasteiger partial charge in [-0.25, -0.2) is 4.99 Å². The molecule has 1 aromatic carbocycles. The molecule has 5 nitrogen and oxygen atoms in total. The highest BCUT2D eigenvalue weighted by Gasteiger charge is 2.14. The van der Waals surface area contributed by atoms with Crippen LogP contribution in [0.4, 0.5) is 0 Å². The van der Waals surface area contributed by atoms with Crippen molar-refractivity contribution in [2.24, 2.45) is 10.9 Å². The molecule has 1 saturated heterocycles. The summed E-state index contributed by atoms with van der Waals surface area (Å²) in [6.07, 6.45) is 3.86. The van der Waals surface area contributed by atoms with Gasteiger partial charge in [0.1, 0.15) is 0 Å². The second kappa shape index (κ2) is 9.62. The van der Waals surface area contributed by atoms with Crippen LogP contribution >= 0.6 is 0 Å². The Morgan fingerprint density at radius 3 is 2.81 bits per heavy atom. The topological polar surface area (TPSA) is 55.5 Å². The predicted octanol–water partition coefficient (Wildman–Crippen LogP) is 3.35. The Morgan fingerprint density at radius 2 is 2.04 bits per heavy atom. The number of aromatic amines is 1. The van der Waals surface area contributed by atoms with Crippen LogP contribution in [0.15, 0.2) is 35.3 Å². The van der Waals surface area contributed by atoms with E-state index in [-0.39, 0.29) is 0 Å². The van der Waals surface area contributed by atoms with Crippen LogP contribution in [-0.2, 0) is 6.54 Å². The molecule has 2 heterocycles. The van der Waals surface area contributed by atoms with Gasteiger partial charge < -0.3 is 20.5 Å². The summed E-state index contributed by atoms with van der Waals surface area (Å²) in [5, 5.41) is 8.06. The number of aliphatic imine (C=N–C) groups is 1. The van der Waals surface area contributed by atoms with Crippen molar-refractivity contribution >= 4 is 16.9 Å². The van der Waals surface area contributed by atoms with Gasteiger partial charge in [0.25, 0.3) is 0 Å². The van der Waals surface area contributed by atoms with Crippen LogP contribution in [0.5, 0.6) is 0 Å². The summed E-state index contributed by atoms with van der Waals surface area (Å²) in [5.41, 5.74) is 2.32. The van der Waals surface area contributed by atoms with E-state index in [0.29, 0.717) is 6.54 Å². The third-order valence-corrected chi connectivity index (χ3v) is 5.16. The lowest BCUT2D eigenvalue weighted by Crippen LogP contribution is -2.39. The third-order valence-electron chi connectivity index (χ3n) is 5.16. The highest BCUT2D eigenvalue weighted by atomic mass is 15.2. The molecule has 1 fully saturated rings. The van der Waals surface area contributed by atoms with Gasteiger partial charge in [-0.1, -0.05) is 25.1 Å². The number of nitrogens with one attached hydrogen (secondary N) is 3. The number of hydrogen-bond acceptors (Lipinski definition) is 2. The average Bonchev–Trinajstić information content (AvgIpc) is 3.07. The Labute approximate surface area is 157 Å². The van der Waals surface area contributed by atoms with Gasteiger partial charge in [0.15, 0.2) is 5.96 Å². The third kappa shape index (κ3) is 5.49. The molecule has 0 unspecified atom stereocenters. The zero-order chi connectivity index (χ0) is 18.2. The van der Waals surface area contributed by atoms with Crippen LogP contribution in [0.3, 0.4) is 0 Å².